The van der Waals surface area contributed by atoms with Crippen molar-refractivity contribution in [2.75, 3.05) is 36.9 Å². The summed E-state index contributed by atoms with van der Waals surface area (Å²) >= 11 is 0. The lowest BCUT2D eigenvalue weighted by atomic mass is 9.85. The SMILES string of the molecule is CN(CC1CCC(n2cc3cc(NC(=O)c4cccc(C(F)(F)F)n4)ccc3n2)CC1)[C@H]1CCN(c2cccc3c2n(C)c(=O)n3C2CCC(=O)NC2=O)C[C@@H]1F. The van der Waals surface area contributed by atoms with E-state index in [1.807, 2.05) is 35.0 Å². The number of fused-ring (bicyclic) bond motifs is 2. The third-order valence-electron chi connectivity index (χ3n) is 11.8. The number of pyridine rings is 1. The van der Waals surface area contributed by atoms with Crippen LogP contribution in [0, 0.1) is 5.92 Å². The zero-order valence-electron chi connectivity index (χ0n) is 31.5. The molecule has 8 rings (SSSR count). The summed E-state index contributed by atoms with van der Waals surface area (Å²) in [5, 5.41) is 10.5. The summed E-state index contributed by atoms with van der Waals surface area (Å²) in [7, 11) is 3.64. The molecule has 2 saturated heterocycles. The maximum atomic E-state index is 16.1. The van der Waals surface area contributed by atoms with E-state index in [1.54, 1.807) is 31.3 Å². The van der Waals surface area contributed by atoms with Gasteiger partial charge in [-0.05, 0) is 94.0 Å². The van der Waals surface area contributed by atoms with E-state index in [9.17, 15) is 32.3 Å². The summed E-state index contributed by atoms with van der Waals surface area (Å²) in [6.07, 6.45) is 0.827. The lowest BCUT2D eigenvalue weighted by Crippen LogP contribution is -2.52. The van der Waals surface area contributed by atoms with E-state index in [-0.39, 0.29) is 48.8 Å². The summed E-state index contributed by atoms with van der Waals surface area (Å²) in [6, 6.07) is 13.0. The van der Waals surface area contributed by atoms with Crippen LogP contribution in [0.4, 0.5) is 28.9 Å². The van der Waals surface area contributed by atoms with Crippen LogP contribution in [0.2, 0.25) is 0 Å². The summed E-state index contributed by atoms with van der Waals surface area (Å²) < 4.78 is 60.2. The second-order valence-corrected chi connectivity index (χ2v) is 15.5. The van der Waals surface area contributed by atoms with Crippen molar-refractivity contribution in [2.24, 2.45) is 13.0 Å². The first-order valence-electron chi connectivity index (χ1n) is 19.2. The zero-order chi connectivity index (χ0) is 40.2. The number of amides is 3. The quantitative estimate of drug-likeness (QED) is 0.153. The Morgan fingerprint density at radius 3 is 2.51 bits per heavy atom. The second kappa shape index (κ2) is 15.1. The Bertz CT molecular complexity index is 2420. The van der Waals surface area contributed by atoms with E-state index in [2.05, 4.69) is 20.5 Å². The molecule has 2 N–H and O–H groups in total. The van der Waals surface area contributed by atoms with Gasteiger partial charge in [-0.3, -0.25) is 33.5 Å². The van der Waals surface area contributed by atoms with Crippen molar-refractivity contribution in [3.05, 3.63) is 82.7 Å². The Labute approximate surface area is 324 Å². The van der Waals surface area contributed by atoms with E-state index < -0.39 is 35.9 Å². The molecule has 1 saturated carbocycles. The van der Waals surface area contributed by atoms with Crippen LogP contribution in [0.5, 0.6) is 0 Å². The first kappa shape index (κ1) is 38.3. The molecule has 2 aliphatic heterocycles. The molecule has 3 atom stereocenters. The van der Waals surface area contributed by atoms with Gasteiger partial charge in [0.05, 0.1) is 34.8 Å². The van der Waals surface area contributed by atoms with Crippen LogP contribution in [-0.4, -0.2) is 85.4 Å². The molecule has 5 heterocycles. The molecule has 17 heteroatoms. The monoisotopic (exact) mass is 789 g/mol. The van der Waals surface area contributed by atoms with Gasteiger partial charge in [-0.15, -0.1) is 0 Å². The van der Waals surface area contributed by atoms with Gasteiger partial charge in [0.1, 0.15) is 23.6 Å². The highest BCUT2D eigenvalue weighted by atomic mass is 19.4. The predicted molar refractivity (Wildman–Crippen MR) is 205 cm³/mol. The number of rotatable bonds is 8. The van der Waals surface area contributed by atoms with E-state index in [4.69, 9.17) is 5.10 Å². The van der Waals surface area contributed by atoms with Gasteiger partial charge in [-0.2, -0.15) is 18.3 Å². The Hall–Kier alpha value is -5.58. The van der Waals surface area contributed by atoms with E-state index >= 15 is 4.39 Å². The smallest absolute Gasteiger partial charge is 0.367 e. The molecule has 57 heavy (non-hydrogen) atoms. The number of aryl methyl sites for hydroxylation is 1. The van der Waals surface area contributed by atoms with Gasteiger partial charge < -0.3 is 15.1 Å². The van der Waals surface area contributed by atoms with Crippen LogP contribution in [0.3, 0.4) is 0 Å². The minimum atomic E-state index is -4.66. The Balaban J connectivity index is 0.862. The number of halogens is 4. The zero-order valence-corrected chi connectivity index (χ0v) is 31.5. The minimum absolute atomic E-state index is 0.149. The molecular formula is C40H43F4N9O4. The molecule has 0 spiro atoms. The van der Waals surface area contributed by atoms with Crippen LogP contribution in [0.15, 0.2) is 65.6 Å². The number of alkyl halides is 4. The average Bonchev–Trinajstić information content (AvgIpc) is 3.72. The lowest BCUT2D eigenvalue weighted by molar-refractivity contribution is -0.141. The van der Waals surface area contributed by atoms with Crippen molar-refractivity contribution in [3.63, 3.8) is 0 Å². The summed E-state index contributed by atoms with van der Waals surface area (Å²) in [6.45, 7) is 1.53. The van der Waals surface area contributed by atoms with Crippen LogP contribution >= 0.6 is 0 Å². The Morgan fingerprint density at radius 1 is 1.00 bits per heavy atom. The number of nitrogens with one attached hydrogen (secondary N) is 2. The molecule has 13 nitrogen and oxygen atoms in total. The van der Waals surface area contributed by atoms with E-state index in [0.717, 1.165) is 61.0 Å². The molecule has 1 aliphatic carbocycles. The van der Waals surface area contributed by atoms with Crippen LogP contribution in [0.1, 0.15) is 73.2 Å². The van der Waals surface area contributed by atoms with Gasteiger partial charge in [0, 0.05) is 49.9 Å². The normalized spacial score (nSPS) is 23.4. The standard InChI is InChI=1S/C40H43F4N9O4/c1-49(30-17-18-51(22-27(30)41)31-6-4-7-32-36(31)50(2)39(57)53(32)33-15-16-35(54)47-38(33)56)20-23-9-12-26(13-10-23)52-21-24-19-25(11-14-28(24)48-52)45-37(55)29-5-3-8-34(46-29)40(42,43)44/h3-8,11,14,19,21,23,26-27,30,33H,9-10,12-13,15-18,20,22H2,1-2H3,(H,45,55)(H,47,54,56)/t23?,26?,27-,30-,33?/m0/s1. The van der Waals surface area contributed by atoms with Gasteiger partial charge in [0.2, 0.25) is 11.8 Å². The van der Waals surface area contributed by atoms with Gasteiger partial charge >= 0.3 is 11.9 Å². The first-order valence-corrected chi connectivity index (χ1v) is 19.2. The van der Waals surface area contributed by atoms with Crippen molar-refractivity contribution in [3.8, 4) is 0 Å². The summed E-state index contributed by atoms with van der Waals surface area (Å²) in [5.41, 5.74) is 1.27. The van der Waals surface area contributed by atoms with Gasteiger partial charge in [-0.25, -0.2) is 14.2 Å². The number of anilines is 2. The molecule has 5 aromatic rings. The van der Waals surface area contributed by atoms with Gasteiger partial charge in [0.25, 0.3) is 5.91 Å². The number of carbonyl (C=O) groups is 3. The molecular weight excluding hydrogens is 746 g/mol. The molecule has 3 amide bonds. The first-order chi connectivity index (χ1) is 27.2. The highest BCUT2D eigenvalue weighted by Crippen LogP contribution is 2.36. The molecule has 300 valence electrons. The fourth-order valence-corrected chi connectivity index (χ4v) is 8.87. The predicted octanol–water partition coefficient (Wildman–Crippen LogP) is 5.61. The largest absolute Gasteiger partial charge is 0.433 e. The maximum Gasteiger partial charge on any atom is 0.433 e. The second-order valence-electron chi connectivity index (χ2n) is 15.5. The van der Waals surface area contributed by atoms with Crippen molar-refractivity contribution in [1.82, 2.24) is 34.1 Å². The maximum absolute atomic E-state index is 16.1. The number of para-hydroxylation sites is 1. The topological polar surface area (TPSA) is 139 Å². The Morgan fingerprint density at radius 2 is 1.77 bits per heavy atom. The van der Waals surface area contributed by atoms with Crippen molar-refractivity contribution < 1.29 is 31.9 Å². The molecule has 3 aromatic heterocycles. The molecule has 3 aliphatic rings. The van der Waals surface area contributed by atoms with Crippen molar-refractivity contribution >= 4 is 51.0 Å². The third kappa shape index (κ3) is 7.51. The third-order valence-corrected chi connectivity index (χ3v) is 11.8. The number of piperidine rings is 2. The van der Waals surface area contributed by atoms with Crippen LogP contribution < -0.4 is 21.2 Å². The number of aromatic nitrogens is 5. The van der Waals surface area contributed by atoms with Crippen LogP contribution in [-0.2, 0) is 22.8 Å². The number of imidazole rings is 1. The summed E-state index contributed by atoms with van der Waals surface area (Å²) in [5.74, 6) is -1.21. The minimum Gasteiger partial charge on any atom is -0.367 e. The number of carbonyl (C=O) groups excluding carboxylic acids is 3. The Kier molecular flexibility index (Phi) is 10.1. The molecule has 0 radical (unpaired) electrons. The average molecular weight is 790 g/mol. The number of hydrogen-bond acceptors (Lipinski definition) is 8. The van der Waals surface area contributed by atoms with Gasteiger partial charge in [0.15, 0.2) is 0 Å². The van der Waals surface area contributed by atoms with E-state index in [0.29, 0.717) is 35.6 Å². The molecule has 0 bridgehead atoms. The molecule has 2 aromatic carbocycles. The van der Waals surface area contributed by atoms with Gasteiger partial charge in [-0.1, -0.05) is 12.1 Å². The van der Waals surface area contributed by atoms with Crippen LogP contribution in [0.25, 0.3) is 21.9 Å². The fourth-order valence-electron chi connectivity index (χ4n) is 8.87. The number of benzene rings is 2. The number of nitrogens with zero attached hydrogens (tertiary/aromatic N) is 7. The highest BCUT2D eigenvalue weighted by Gasteiger charge is 2.37. The summed E-state index contributed by atoms with van der Waals surface area (Å²) in [4.78, 5) is 58.2. The molecule has 1 unspecified atom stereocenters. The van der Waals surface area contributed by atoms with Crippen molar-refractivity contribution in [2.45, 2.75) is 75.4 Å². The number of imide groups is 1. The van der Waals surface area contributed by atoms with E-state index in [1.165, 1.54) is 15.2 Å². The highest BCUT2D eigenvalue weighted by molar-refractivity contribution is 6.04. The number of hydrogen-bond donors (Lipinski definition) is 2. The lowest BCUT2D eigenvalue weighted by Gasteiger charge is -2.42. The van der Waals surface area contributed by atoms with Crippen molar-refractivity contribution in [1.29, 1.82) is 0 Å². The molecule has 3 fully saturated rings. The fraction of sp³-hybridized carbons (Fsp3) is 0.450.